The van der Waals surface area contributed by atoms with Crippen molar-refractivity contribution in [3.05, 3.63) is 33.1 Å². The van der Waals surface area contributed by atoms with E-state index in [0.717, 1.165) is 12.3 Å². The smallest absolute Gasteiger partial charge is 0.387 e. The highest BCUT2D eigenvalue weighted by atomic mass is 79.9. The molecule has 1 aliphatic rings. The lowest BCUT2D eigenvalue weighted by atomic mass is 9.99. The Kier molecular flexibility index (Phi) is 8.04. The lowest BCUT2D eigenvalue weighted by molar-refractivity contribution is -0.111. The van der Waals surface area contributed by atoms with Gasteiger partial charge in [-0.3, -0.25) is 18.9 Å². The van der Waals surface area contributed by atoms with Crippen LogP contribution in [0.15, 0.2) is 21.9 Å². The molecule has 0 saturated carbocycles. The van der Waals surface area contributed by atoms with Crippen LogP contribution >= 0.6 is 39.4 Å². The fourth-order valence-electron chi connectivity index (χ4n) is 2.42. The number of alkyl halides is 2. The second-order valence-corrected chi connectivity index (χ2v) is 11.0. The van der Waals surface area contributed by atoms with Gasteiger partial charge < -0.3 is 29.4 Å². The van der Waals surface area contributed by atoms with Gasteiger partial charge in [0.05, 0.1) is 6.61 Å². The number of H-pyrrole nitrogens is 1. The van der Waals surface area contributed by atoms with Crippen molar-refractivity contribution in [2.45, 2.75) is 24.1 Å². The topological polar surface area (TPSA) is 244 Å². The van der Waals surface area contributed by atoms with Gasteiger partial charge in [0, 0.05) is 17.6 Å². The van der Waals surface area contributed by atoms with Crippen molar-refractivity contribution in [3.8, 4) is 0 Å². The number of phosphoric ester groups is 1. The molecule has 0 bridgehead atoms. The largest absolute Gasteiger partial charge is 0.490 e. The molecule has 3 unspecified atom stereocenters. The maximum atomic E-state index is 14.6. The monoisotopic (exact) mass is 578 g/mol. The Balaban J connectivity index is 2.21. The van der Waals surface area contributed by atoms with Gasteiger partial charge in [0.15, 0.2) is 12.4 Å². The molecule has 0 amide bonds. The summed E-state index contributed by atoms with van der Waals surface area (Å²) in [7, 11) is -17.0. The van der Waals surface area contributed by atoms with Crippen LogP contribution in [-0.2, 0) is 31.6 Å². The Morgan fingerprint density at radius 3 is 2.32 bits per heavy atom. The van der Waals surface area contributed by atoms with Crippen LogP contribution in [0.25, 0.3) is 0 Å². The van der Waals surface area contributed by atoms with E-state index in [2.05, 4.69) is 29.1 Å². The number of hydrogen-bond donors (Lipinski definition) is 6. The second kappa shape index (κ2) is 9.35. The van der Waals surface area contributed by atoms with Crippen molar-refractivity contribution in [1.29, 1.82) is 0 Å². The standard InChI is InChI=1S/C10H15BrFN2O14P3/c11-3-10(4-25-30(21,22)28-31(23,24)27-29(18,19)20)7(16)6(12)8(26-10)14-2-1-5(15)13-9(14)17/h1-2,6-8,16H,3-4H2,(H,21,22)(H,23,24)(H,13,15,17)(H2,18,19,20)/t6-,7-,8?,10+/m0/s1. The van der Waals surface area contributed by atoms with Crippen LogP contribution in [0.3, 0.4) is 0 Å². The number of aromatic amines is 1. The number of nitrogens with zero attached hydrogens (tertiary/aromatic N) is 1. The first kappa shape index (κ1) is 26.7. The molecule has 1 fully saturated rings. The van der Waals surface area contributed by atoms with Crippen molar-refractivity contribution in [2.24, 2.45) is 0 Å². The number of aliphatic hydroxyl groups is 1. The molecule has 1 aromatic rings. The Bertz CT molecular complexity index is 1070. The summed E-state index contributed by atoms with van der Waals surface area (Å²) in [5, 5.41) is 9.76. The van der Waals surface area contributed by atoms with E-state index in [1.54, 1.807) is 0 Å². The van der Waals surface area contributed by atoms with Crippen LogP contribution in [0.1, 0.15) is 6.23 Å². The van der Waals surface area contributed by atoms with Crippen molar-refractivity contribution >= 4 is 39.4 Å². The molecule has 1 aliphatic heterocycles. The number of rotatable bonds is 9. The summed E-state index contributed by atoms with van der Waals surface area (Å²) in [5.74, 6) is 0. The average Bonchev–Trinajstić information content (AvgIpc) is 2.82. The fourth-order valence-corrected chi connectivity index (χ4v) is 6.12. The molecule has 6 atom stereocenters. The molecule has 16 nitrogen and oxygen atoms in total. The zero-order chi connectivity index (χ0) is 23.8. The lowest BCUT2D eigenvalue weighted by Crippen LogP contribution is -2.47. The molecule has 178 valence electrons. The predicted octanol–water partition coefficient (Wildman–Crippen LogP) is -0.759. The summed E-state index contributed by atoms with van der Waals surface area (Å²) >= 11 is 2.88. The first-order chi connectivity index (χ1) is 14.0. The van der Waals surface area contributed by atoms with Crippen molar-refractivity contribution in [1.82, 2.24) is 9.55 Å². The van der Waals surface area contributed by atoms with E-state index >= 15 is 0 Å². The molecule has 0 spiro atoms. The Morgan fingerprint density at radius 1 is 1.19 bits per heavy atom. The predicted molar refractivity (Wildman–Crippen MR) is 98.7 cm³/mol. The van der Waals surface area contributed by atoms with Crippen molar-refractivity contribution in [2.75, 3.05) is 11.9 Å². The van der Waals surface area contributed by atoms with Crippen LogP contribution in [0.4, 0.5) is 4.39 Å². The minimum atomic E-state index is -5.80. The van der Waals surface area contributed by atoms with Gasteiger partial charge in [0.1, 0.15) is 11.7 Å². The van der Waals surface area contributed by atoms with E-state index in [4.69, 9.17) is 19.4 Å². The second-order valence-electron chi connectivity index (χ2n) is 5.98. The van der Waals surface area contributed by atoms with Gasteiger partial charge in [-0.05, 0) is 0 Å². The summed E-state index contributed by atoms with van der Waals surface area (Å²) in [6.07, 6.45) is -5.35. The lowest BCUT2D eigenvalue weighted by Gasteiger charge is -2.30. The van der Waals surface area contributed by atoms with Crippen LogP contribution in [0.5, 0.6) is 0 Å². The third kappa shape index (κ3) is 6.71. The SMILES string of the molecule is O=c1ccn(C2O[C@](CBr)(COP(=O)(O)OP(=O)(O)OP(=O)(O)O)[C@@H](O)[C@@H]2F)c(=O)[nH]1. The molecule has 31 heavy (non-hydrogen) atoms. The molecule has 0 aromatic carbocycles. The summed E-state index contributed by atoms with van der Waals surface area (Å²) < 4.78 is 65.9. The van der Waals surface area contributed by atoms with E-state index in [0.29, 0.717) is 4.57 Å². The van der Waals surface area contributed by atoms with Gasteiger partial charge in [-0.25, -0.2) is 22.9 Å². The van der Waals surface area contributed by atoms with Gasteiger partial charge in [-0.2, -0.15) is 8.62 Å². The average molecular weight is 579 g/mol. The van der Waals surface area contributed by atoms with Gasteiger partial charge >= 0.3 is 29.2 Å². The molecule has 2 rings (SSSR count). The number of ether oxygens (including phenoxy) is 1. The molecule has 1 aromatic heterocycles. The van der Waals surface area contributed by atoms with Gasteiger partial charge in [0.25, 0.3) is 5.56 Å². The highest BCUT2D eigenvalue weighted by molar-refractivity contribution is 9.09. The van der Waals surface area contributed by atoms with E-state index in [1.165, 1.54) is 0 Å². The Morgan fingerprint density at radius 2 is 1.81 bits per heavy atom. The molecule has 0 radical (unpaired) electrons. The van der Waals surface area contributed by atoms with E-state index in [9.17, 15) is 37.7 Å². The van der Waals surface area contributed by atoms with Gasteiger partial charge in [0.2, 0.25) is 0 Å². The Hall–Kier alpha value is -0.580. The first-order valence-electron chi connectivity index (χ1n) is 7.67. The number of phosphoric acid groups is 3. The Labute approximate surface area is 179 Å². The minimum absolute atomic E-state index is 0.466. The number of hydrogen-bond acceptors (Lipinski definition) is 10. The molecular formula is C10H15BrFN2O14P3. The van der Waals surface area contributed by atoms with Crippen LogP contribution < -0.4 is 11.2 Å². The summed E-state index contributed by atoms with van der Waals surface area (Å²) in [4.78, 5) is 60.5. The fraction of sp³-hybridized carbons (Fsp3) is 0.600. The van der Waals surface area contributed by atoms with Crippen LogP contribution in [0, 0.1) is 0 Å². The molecule has 2 heterocycles. The normalized spacial score (nSPS) is 30.6. The van der Waals surface area contributed by atoms with Crippen LogP contribution in [-0.4, -0.2) is 64.0 Å². The number of aromatic nitrogens is 2. The van der Waals surface area contributed by atoms with Crippen molar-refractivity contribution < 1.29 is 60.6 Å². The van der Waals surface area contributed by atoms with Gasteiger partial charge in [-0.15, -0.1) is 0 Å². The zero-order valence-corrected chi connectivity index (χ0v) is 19.0. The van der Waals surface area contributed by atoms with Crippen molar-refractivity contribution in [3.63, 3.8) is 0 Å². The zero-order valence-electron chi connectivity index (χ0n) is 14.8. The molecule has 0 aliphatic carbocycles. The van der Waals surface area contributed by atoms with E-state index < -0.39 is 70.8 Å². The van der Waals surface area contributed by atoms with E-state index in [-0.39, 0.29) is 0 Å². The summed E-state index contributed by atoms with van der Waals surface area (Å²) in [6, 6.07) is 0.865. The third-order valence-electron chi connectivity index (χ3n) is 3.71. The molecule has 1 saturated heterocycles. The maximum absolute atomic E-state index is 14.6. The molecule has 6 N–H and O–H groups in total. The maximum Gasteiger partial charge on any atom is 0.490 e. The molecule has 21 heteroatoms. The highest BCUT2D eigenvalue weighted by Crippen LogP contribution is 2.66. The molecular weight excluding hydrogens is 564 g/mol. The first-order valence-corrected chi connectivity index (χ1v) is 13.3. The van der Waals surface area contributed by atoms with Gasteiger partial charge in [-0.1, -0.05) is 15.9 Å². The van der Waals surface area contributed by atoms with Crippen LogP contribution in [0.2, 0.25) is 0 Å². The number of nitrogens with one attached hydrogen (secondary N) is 1. The third-order valence-corrected chi connectivity index (χ3v) is 8.44. The highest BCUT2D eigenvalue weighted by Gasteiger charge is 2.57. The summed E-state index contributed by atoms with van der Waals surface area (Å²) in [6.45, 7) is -1.18. The summed E-state index contributed by atoms with van der Waals surface area (Å²) in [5.41, 5.74) is -4.05. The minimum Gasteiger partial charge on any atom is -0.387 e. The number of halogens is 2. The quantitative estimate of drug-likeness (QED) is 0.156. The number of aliphatic hydroxyl groups excluding tert-OH is 1. The van der Waals surface area contributed by atoms with E-state index in [1.807, 2.05) is 4.98 Å².